The van der Waals surface area contributed by atoms with Gasteiger partial charge in [-0.05, 0) is 69.6 Å². The number of esters is 1. The predicted octanol–water partition coefficient (Wildman–Crippen LogP) is 8.35. The van der Waals surface area contributed by atoms with Crippen LogP contribution < -0.4 is 4.74 Å². The van der Waals surface area contributed by atoms with Gasteiger partial charge >= 0.3 is 5.97 Å². The van der Waals surface area contributed by atoms with Crippen molar-refractivity contribution in [2.24, 2.45) is 0 Å². The standard InChI is InChI=1S/C30H38O3/c1-3-4-5-6-7-8-9-10-11-12-13-14-15-16-17-18-19-20-21-22-29-32-28-25-26(2)23-24-27(28)30(31)33-29/h4-5,7-8,10-11,13-14,16-17,19-20,23-25,29H,3,6,9,12,15,18,21-22H2,1-2H3/b5-4-,8-7-,11-10-,14-13-,17-16-,20-19-. The lowest BCUT2D eigenvalue weighted by molar-refractivity contribution is -0.0631. The molecule has 1 heterocycles. The zero-order valence-electron chi connectivity index (χ0n) is 20.1. The van der Waals surface area contributed by atoms with Gasteiger partial charge in [-0.1, -0.05) is 85.9 Å². The highest BCUT2D eigenvalue weighted by atomic mass is 16.7. The minimum absolute atomic E-state index is 0.302. The monoisotopic (exact) mass is 446 g/mol. The molecule has 0 bridgehead atoms. The van der Waals surface area contributed by atoms with Crippen LogP contribution in [0.1, 0.15) is 74.2 Å². The molecule has 0 saturated heterocycles. The lowest BCUT2D eigenvalue weighted by Crippen LogP contribution is -2.29. The molecule has 0 spiro atoms. The number of fused-ring (bicyclic) bond motifs is 1. The molecule has 0 saturated carbocycles. The van der Waals surface area contributed by atoms with Gasteiger partial charge in [-0.2, -0.15) is 0 Å². The summed E-state index contributed by atoms with van der Waals surface area (Å²) in [6, 6.07) is 5.54. The van der Waals surface area contributed by atoms with Crippen molar-refractivity contribution in [2.45, 2.75) is 71.5 Å². The van der Waals surface area contributed by atoms with Gasteiger partial charge in [0.1, 0.15) is 11.3 Å². The molecule has 176 valence electrons. The molecule has 1 aromatic carbocycles. The average Bonchev–Trinajstić information content (AvgIpc) is 2.80. The molecule has 0 aromatic heterocycles. The van der Waals surface area contributed by atoms with E-state index < -0.39 is 6.29 Å². The fraction of sp³-hybridized carbons (Fsp3) is 0.367. The molecule has 1 aromatic rings. The van der Waals surface area contributed by atoms with Gasteiger partial charge in [0, 0.05) is 6.42 Å². The van der Waals surface area contributed by atoms with Crippen molar-refractivity contribution in [1.82, 2.24) is 0 Å². The van der Waals surface area contributed by atoms with Crippen LogP contribution in [-0.2, 0) is 4.74 Å². The number of hydrogen-bond donors (Lipinski definition) is 0. The van der Waals surface area contributed by atoms with E-state index in [4.69, 9.17) is 9.47 Å². The van der Waals surface area contributed by atoms with Crippen molar-refractivity contribution in [2.75, 3.05) is 0 Å². The highest BCUT2D eigenvalue weighted by molar-refractivity contribution is 5.93. The molecule has 3 nitrogen and oxygen atoms in total. The predicted molar refractivity (Wildman–Crippen MR) is 138 cm³/mol. The lowest BCUT2D eigenvalue weighted by atomic mass is 10.1. The van der Waals surface area contributed by atoms with Crippen LogP contribution in [0.15, 0.2) is 91.1 Å². The number of rotatable bonds is 14. The molecular formula is C30H38O3. The zero-order valence-corrected chi connectivity index (χ0v) is 20.1. The number of benzene rings is 1. The summed E-state index contributed by atoms with van der Waals surface area (Å²) < 4.78 is 11.2. The van der Waals surface area contributed by atoms with E-state index in [2.05, 4.69) is 79.8 Å². The van der Waals surface area contributed by atoms with Crippen LogP contribution in [0, 0.1) is 6.92 Å². The molecule has 1 atom stereocenters. The SMILES string of the molecule is CC/C=C\C/C=C\C/C=C\C/C=C\C/C=C\C/C=C\CCC1OC(=O)c2ccc(C)cc2O1. The summed E-state index contributed by atoms with van der Waals surface area (Å²) in [5.41, 5.74) is 1.57. The van der Waals surface area contributed by atoms with E-state index in [1.807, 2.05) is 19.1 Å². The highest BCUT2D eigenvalue weighted by Gasteiger charge is 2.26. The summed E-state index contributed by atoms with van der Waals surface area (Å²) in [4.78, 5) is 12.1. The van der Waals surface area contributed by atoms with Crippen molar-refractivity contribution in [3.8, 4) is 5.75 Å². The van der Waals surface area contributed by atoms with Gasteiger partial charge in [0.15, 0.2) is 0 Å². The largest absolute Gasteiger partial charge is 0.454 e. The fourth-order valence-corrected chi connectivity index (χ4v) is 3.23. The third kappa shape index (κ3) is 11.4. The van der Waals surface area contributed by atoms with Crippen molar-refractivity contribution < 1.29 is 14.3 Å². The first-order valence-electron chi connectivity index (χ1n) is 12.1. The van der Waals surface area contributed by atoms with E-state index in [0.29, 0.717) is 17.7 Å². The van der Waals surface area contributed by atoms with Crippen LogP contribution in [0.5, 0.6) is 5.75 Å². The Morgan fingerprint density at radius 1 is 0.727 bits per heavy atom. The van der Waals surface area contributed by atoms with Crippen molar-refractivity contribution in [3.63, 3.8) is 0 Å². The Hall–Kier alpha value is -3.07. The zero-order chi connectivity index (χ0) is 23.6. The van der Waals surface area contributed by atoms with Crippen molar-refractivity contribution >= 4 is 5.97 Å². The van der Waals surface area contributed by atoms with Gasteiger partial charge in [0.25, 0.3) is 0 Å². The minimum atomic E-state index is -0.509. The van der Waals surface area contributed by atoms with E-state index in [-0.39, 0.29) is 5.97 Å². The number of aryl methyl sites for hydroxylation is 1. The number of carbonyl (C=O) groups excluding carboxylic acids is 1. The molecule has 0 fully saturated rings. The number of cyclic esters (lactones) is 1. The van der Waals surface area contributed by atoms with E-state index in [9.17, 15) is 4.79 Å². The molecule has 1 aliphatic rings. The van der Waals surface area contributed by atoms with E-state index >= 15 is 0 Å². The molecule has 1 unspecified atom stereocenters. The Kier molecular flexibility index (Phi) is 13.1. The van der Waals surface area contributed by atoms with Gasteiger partial charge in [-0.15, -0.1) is 0 Å². The maximum absolute atomic E-state index is 12.1. The first-order chi connectivity index (χ1) is 16.2. The smallest absolute Gasteiger partial charge is 0.345 e. The summed E-state index contributed by atoms with van der Waals surface area (Å²) in [7, 11) is 0. The van der Waals surface area contributed by atoms with Crippen molar-refractivity contribution in [3.05, 3.63) is 102 Å². The molecule has 2 rings (SSSR count). The first kappa shape index (κ1) is 26.2. The number of allylic oxidation sites excluding steroid dienone is 12. The Bertz CT molecular complexity index is 884. The molecule has 0 amide bonds. The first-order valence-corrected chi connectivity index (χ1v) is 12.1. The van der Waals surface area contributed by atoms with Crippen LogP contribution in [0.3, 0.4) is 0 Å². The van der Waals surface area contributed by atoms with Gasteiger partial charge < -0.3 is 9.47 Å². The van der Waals surface area contributed by atoms with Crippen LogP contribution in [0.25, 0.3) is 0 Å². The number of hydrogen-bond acceptors (Lipinski definition) is 3. The van der Waals surface area contributed by atoms with E-state index in [1.54, 1.807) is 6.07 Å². The molecule has 1 aliphatic heterocycles. The normalized spacial score (nSPS) is 16.7. The quantitative estimate of drug-likeness (QED) is 0.213. The molecule has 0 radical (unpaired) electrons. The Labute approximate surface area is 199 Å². The number of ether oxygens (including phenoxy) is 2. The second kappa shape index (κ2) is 16.5. The molecule has 0 aliphatic carbocycles. The maximum Gasteiger partial charge on any atom is 0.345 e. The van der Waals surface area contributed by atoms with E-state index in [0.717, 1.165) is 50.5 Å². The van der Waals surface area contributed by atoms with Gasteiger partial charge in [-0.25, -0.2) is 4.79 Å². The van der Waals surface area contributed by atoms with Gasteiger partial charge in [0.2, 0.25) is 6.29 Å². The average molecular weight is 447 g/mol. The summed E-state index contributed by atoms with van der Waals surface area (Å²) in [5.74, 6) is 0.322. The topological polar surface area (TPSA) is 35.5 Å². The number of carbonyl (C=O) groups is 1. The summed E-state index contributed by atoms with van der Waals surface area (Å²) >= 11 is 0. The summed E-state index contributed by atoms with van der Waals surface area (Å²) in [5, 5.41) is 0. The van der Waals surface area contributed by atoms with Crippen LogP contribution in [0.2, 0.25) is 0 Å². The Morgan fingerprint density at radius 3 is 1.79 bits per heavy atom. The molecule has 0 N–H and O–H groups in total. The van der Waals surface area contributed by atoms with Crippen LogP contribution in [-0.4, -0.2) is 12.3 Å². The third-order valence-corrected chi connectivity index (χ3v) is 5.02. The van der Waals surface area contributed by atoms with Crippen molar-refractivity contribution in [1.29, 1.82) is 0 Å². The third-order valence-electron chi connectivity index (χ3n) is 5.02. The Morgan fingerprint density at radius 2 is 1.24 bits per heavy atom. The highest BCUT2D eigenvalue weighted by Crippen LogP contribution is 2.28. The second-order valence-corrected chi connectivity index (χ2v) is 7.94. The van der Waals surface area contributed by atoms with Crippen LogP contribution in [0.4, 0.5) is 0 Å². The Balaban J connectivity index is 1.50. The molecular weight excluding hydrogens is 408 g/mol. The van der Waals surface area contributed by atoms with Crippen LogP contribution >= 0.6 is 0 Å². The van der Waals surface area contributed by atoms with Gasteiger partial charge in [-0.3, -0.25) is 0 Å². The lowest BCUT2D eigenvalue weighted by Gasteiger charge is -2.25. The minimum Gasteiger partial charge on any atom is -0.454 e. The second-order valence-electron chi connectivity index (χ2n) is 7.94. The van der Waals surface area contributed by atoms with Gasteiger partial charge in [0.05, 0.1) is 0 Å². The molecule has 3 heteroatoms. The summed E-state index contributed by atoms with van der Waals surface area (Å²) in [6.45, 7) is 4.14. The van der Waals surface area contributed by atoms with E-state index in [1.165, 1.54) is 0 Å². The maximum atomic E-state index is 12.1. The summed E-state index contributed by atoms with van der Waals surface area (Å²) in [6.07, 6.45) is 33.2. The fourth-order valence-electron chi connectivity index (χ4n) is 3.23. The molecule has 33 heavy (non-hydrogen) atoms.